The summed E-state index contributed by atoms with van der Waals surface area (Å²) >= 11 is 6.36. The first-order chi connectivity index (χ1) is 11.3. The van der Waals surface area contributed by atoms with Crippen molar-refractivity contribution in [2.75, 3.05) is 0 Å². The van der Waals surface area contributed by atoms with E-state index in [0.29, 0.717) is 11.6 Å². The van der Waals surface area contributed by atoms with Crippen molar-refractivity contribution >= 4 is 24.2 Å². The molecule has 1 heterocycles. The maximum absolute atomic E-state index is 6.36. The fourth-order valence-corrected chi connectivity index (χ4v) is 2.71. The summed E-state index contributed by atoms with van der Waals surface area (Å²) in [6.07, 6.45) is 0. The Morgan fingerprint density at radius 1 is 0.958 bits per heavy atom. The smallest absolute Gasteiger partial charge is 0.489 e. The minimum absolute atomic E-state index is 0.401. The second-order valence-electron chi connectivity index (χ2n) is 7.05. The third-order valence-corrected chi connectivity index (χ3v) is 5.07. The monoisotopic (exact) mass is 344 g/mol. The maximum Gasteiger partial charge on any atom is 0.496 e. The van der Waals surface area contributed by atoms with E-state index in [9.17, 15) is 0 Å². The van der Waals surface area contributed by atoms with Crippen LogP contribution >= 0.6 is 11.6 Å². The van der Waals surface area contributed by atoms with Crippen molar-refractivity contribution in [3.05, 3.63) is 59.1 Å². The predicted octanol–water partition coefficient (Wildman–Crippen LogP) is 4.22. The van der Waals surface area contributed by atoms with E-state index in [2.05, 4.69) is 0 Å². The molecule has 2 aromatic rings. The van der Waals surface area contributed by atoms with E-state index in [1.54, 1.807) is 0 Å². The van der Waals surface area contributed by atoms with Crippen molar-refractivity contribution in [3.8, 4) is 5.75 Å². The number of ether oxygens (including phenoxy) is 1. The van der Waals surface area contributed by atoms with Gasteiger partial charge >= 0.3 is 7.12 Å². The van der Waals surface area contributed by atoms with Crippen LogP contribution < -0.4 is 10.2 Å². The average Bonchev–Trinajstić information content (AvgIpc) is 2.75. The van der Waals surface area contributed by atoms with Crippen LogP contribution in [0.1, 0.15) is 33.3 Å². The summed E-state index contributed by atoms with van der Waals surface area (Å²) in [6, 6.07) is 15.6. The van der Waals surface area contributed by atoms with Gasteiger partial charge < -0.3 is 14.0 Å². The van der Waals surface area contributed by atoms with Crippen molar-refractivity contribution in [3.63, 3.8) is 0 Å². The largest absolute Gasteiger partial charge is 0.496 e. The Morgan fingerprint density at radius 3 is 2.21 bits per heavy atom. The molecule has 0 spiro atoms. The van der Waals surface area contributed by atoms with E-state index in [1.165, 1.54) is 0 Å². The molecule has 2 aromatic carbocycles. The van der Waals surface area contributed by atoms with Gasteiger partial charge in [0, 0.05) is 10.5 Å². The molecule has 0 aliphatic carbocycles. The Bertz CT molecular complexity index is 700. The number of benzene rings is 2. The molecule has 0 unspecified atom stereocenters. The SMILES string of the molecule is CC1(C)OB(c2cc(OCc3ccccc3)ccc2Cl)OC1(C)C. The first-order valence-electron chi connectivity index (χ1n) is 8.10. The lowest BCUT2D eigenvalue weighted by Gasteiger charge is -2.32. The first kappa shape index (κ1) is 17.3. The zero-order chi connectivity index (χ0) is 17.4. The second-order valence-corrected chi connectivity index (χ2v) is 7.45. The van der Waals surface area contributed by atoms with Gasteiger partial charge in [-0.15, -0.1) is 0 Å². The van der Waals surface area contributed by atoms with Crippen LogP contribution in [0, 0.1) is 0 Å². The molecule has 5 heteroatoms. The van der Waals surface area contributed by atoms with Crippen LogP contribution in [0.15, 0.2) is 48.5 Å². The molecule has 24 heavy (non-hydrogen) atoms. The third-order valence-electron chi connectivity index (χ3n) is 4.72. The fourth-order valence-electron chi connectivity index (χ4n) is 2.50. The van der Waals surface area contributed by atoms with Gasteiger partial charge in [-0.3, -0.25) is 0 Å². The summed E-state index contributed by atoms with van der Waals surface area (Å²) in [5, 5.41) is 0.612. The highest BCUT2D eigenvalue weighted by atomic mass is 35.5. The summed E-state index contributed by atoms with van der Waals surface area (Å²) in [5.74, 6) is 0.743. The van der Waals surface area contributed by atoms with Crippen LogP contribution in [-0.4, -0.2) is 18.3 Å². The van der Waals surface area contributed by atoms with Crippen molar-refractivity contribution in [2.24, 2.45) is 0 Å². The third kappa shape index (κ3) is 3.46. The van der Waals surface area contributed by atoms with Gasteiger partial charge in [0.25, 0.3) is 0 Å². The lowest BCUT2D eigenvalue weighted by Crippen LogP contribution is -2.41. The molecule has 1 saturated heterocycles. The van der Waals surface area contributed by atoms with Crippen LogP contribution in [0.25, 0.3) is 0 Å². The molecule has 0 aromatic heterocycles. The molecule has 0 atom stereocenters. The summed E-state index contributed by atoms with van der Waals surface area (Å²) in [7, 11) is -0.497. The number of hydrogen-bond donors (Lipinski definition) is 0. The van der Waals surface area contributed by atoms with Crippen LogP contribution in [0.5, 0.6) is 5.75 Å². The molecular formula is C19H22BClO3. The maximum atomic E-state index is 6.36. The van der Waals surface area contributed by atoms with Gasteiger partial charge in [-0.2, -0.15) is 0 Å². The fraction of sp³-hybridized carbons (Fsp3) is 0.368. The highest BCUT2D eigenvalue weighted by molar-refractivity contribution is 6.65. The molecule has 3 nitrogen and oxygen atoms in total. The topological polar surface area (TPSA) is 27.7 Å². The van der Waals surface area contributed by atoms with E-state index in [-0.39, 0.29) is 0 Å². The molecule has 0 amide bonds. The van der Waals surface area contributed by atoms with Crippen molar-refractivity contribution < 1.29 is 14.0 Å². The molecule has 126 valence electrons. The van der Waals surface area contributed by atoms with Gasteiger partial charge in [0.15, 0.2) is 0 Å². The van der Waals surface area contributed by atoms with Gasteiger partial charge in [0.05, 0.1) is 11.2 Å². The van der Waals surface area contributed by atoms with Crippen LogP contribution in [-0.2, 0) is 15.9 Å². The Balaban J connectivity index is 1.78. The van der Waals surface area contributed by atoms with Crippen molar-refractivity contribution in [2.45, 2.75) is 45.5 Å². The van der Waals surface area contributed by atoms with E-state index in [1.807, 2.05) is 76.2 Å². The highest BCUT2D eigenvalue weighted by Crippen LogP contribution is 2.37. The number of rotatable bonds is 4. The Labute approximate surface area is 149 Å². The number of halogens is 1. The quantitative estimate of drug-likeness (QED) is 0.777. The summed E-state index contributed by atoms with van der Waals surface area (Å²) < 4.78 is 18.1. The molecule has 0 radical (unpaired) electrons. The van der Waals surface area contributed by atoms with Crippen molar-refractivity contribution in [1.82, 2.24) is 0 Å². The number of hydrogen-bond acceptors (Lipinski definition) is 3. The van der Waals surface area contributed by atoms with Gasteiger partial charge in [0.1, 0.15) is 12.4 Å². The lowest BCUT2D eigenvalue weighted by atomic mass is 9.79. The summed E-state index contributed by atoms with van der Waals surface area (Å²) in [5.41, 5.74) is 1.11. The Hall–Kier alpha value is -1.49. The minimum atomic E-state index is -0.497. The van der Waals surface area contributed by atoms with Gasteiger partial charge in [-0.05, 0) is 51.5 Å². The van der Waals surface area contributed by atoms with Crippen LogP contribution in [0.3, 0.4) is 0 Å². The molecular weight excluding hydrogens is 322 g/mol. The zero-order valence-corrected chi connectivity index (χ0v) is 15.3. The predicted molar refractivity (Wildman–Crippen MR) is 97.9 cm³/mol. The van der Waals surface area contributed by atoms with E-state index in [4.69, 9.17) is 25.6 Å². The Morgan fingerprint density at radius 2 is 1.58 bits per heavy atom. The summed E-state index contributed by atoms with van der Waals surface area (Å²) in [6.45, 7) is 8.60. The lowest BCUT2D eigenvalue weighted by molar-refractivity contribution is 0.00578. The highest BCUT2D eigenvalue weighted by Gasteiger charge is 2.52. The van der Waals surface area contributed by atoms with E-state index in [0.717, 1.165) is 16.8 Å². The van der Waals surface area contributed by atoms with E-state index < -0.39 is 18.3 Å². The van der Waals surface area contributed by atoms with Gasteiger partial charge in [-0.1, -0.05) is 41.9 Å². The van der Waals surface area contributed by atoms with Gasteiger partial charge in [0.2, 0.25) is 0 Å². The molecule has 1 fully saturated rings. The second kappa shape index (κ2) is 6.43. The first-order valence-corrected chi connectivity index (χ1v) is 8.48. The minimum Gasteiger partial charge on any atom is -0.489 e. The molecule has 0 N–H and O–H groups in total. The molecule has 0 saturated carbocycles. The molecule has 3 rings (SSSR count). The Kier molecular flexibility index (Phi) is 4.65. The van der Waals surface area contributed by atoms with Gasteiger partial charge in [-0.25, -0.2) is 0 Å². The van der Waals surface area contributed by atoms with Crippen LogP contribution in [0.2, 0.25) is 5.02 Å². The summed E-state index contributed by atoms with van der Waals surface area (Å²) in [4.78, 5) is 0. The molecule has 0 bridgehead atoms. The average molecular weight is 345 g/mol. The standard InChI is InChI=1S/C19H22BClO3/c1-18(2)19(3,4)24-20(23-18)16-12-15(10-11-17(16)21)22-13-14-8-6-5-7-9-14/h5-12H,13H2,1-4H3. The van der Waals surface area contributed by atoms with Crippen molar-refractivity contribution in [1.29, 1.82) is 0 Å². The van der Waals surface area contributed by atoms with E-state index >= 15 is 0 Å². The zero-order valence-electron chi connectivity index (χ0n) is 14.5. The molecule has 1 aliphatic heterocycles. The molecule has 1 aliphatic rings. The van der Waals surface area contributed by atoms with Crippen LogP contribution in [0.4, 0.5) is 0 Å². The normalized spacial score (nSPS) is 18.6.